The van der Waals surface area contributed by atoms with E-state index in [1.54, 1.807) is 12.1 Å². The first-order chi connectivity index (χ1) is 9.02. The molecule has 5 heteroatoms. The number of halogens is 1. The third-order valence-electron chi connectivity index (χ3n) is 2.61. The van der Waals surface area contributed by atoms with Crippen molar-refractivity contribution in [1.82, 2.24) is 0 Å². The van der Waals surface area contributed by atoms with Gasteiger partial charge in [-0.25, -0.2) is 0 Å². The molecule has 1 aromatic rings. The maximum atomic E-state index is 11.6. The van der Waals surface area contributed by atoms with Gasteiger partial charge in [0.2, 0.25) is 11.8 Å². The standard InChI is InChI=1S/C14H19ClN2O2/c1-10-9-12(6-7-13(10)16-11(2)18)17-14(19)5-3-4-8-15/h6-7,9H,3-5,8H2,1-2H3,(H,16,18)(H,17,19). The smallest absolute Gasteiger partial charge is 0.224 e. The largest absolute Gasteiger partial charge is 0.326 e. The fourth-order valence-electron chi connectivity index (χ4n) is 1.67. The molecule has 1 aromatic carbocycles. The van der Waals surface area contributed by atoms with Crippen LogP contribution in [0.15, 0.2) is 18.2 Å². The van der Waals surface area contributed by atoms with Gasteiger partial charge in [0.25, 0.3) is 0 Å². The lowest BCUT2D eigenvalue weighted by atomic mass is 10.1. The first-order valence-corrected chi connectivity index (χ1v) is 6.80. The summed E-state index contributed by atoms with van der Waals surface area (Å²) in [6, 6.07) is 5.40. The average Bonchev–Trinajstić information content (AvgIpc) is 2.32. The first-order valence-electron chi connectivity index (χ1n) is 6.27. The highest BCUT2D eigenvalue weighted by molar-refractivity contribution is 6.17. The molecule has 0 saturated carbocycles. The highest BCUT2D eigenvalue weighted by Crippen LogP contribution is 2.20. The Labute approximate surface area is 118 Å². The molecule has 4 nitrogen and oxygen atoms in total. The Balaban J connectivity index is 2.58. The second kappa shape index (κ2) is 7.79. The minimum atomic E-state index is -0.110. The molecule has 0 radical (unpaired) electrons. The van der Waals surface area contributed by atoms with E-state index in [1.807, 2.05) is 13.0 Å². The zero-order chi connectivity index (χ0) is 14.3. The van der Waals surface area contributed by atoms with Gasteiger partial charge in [-0.1, -0.05) is 0 Å². The minimum Gasteiger partial charge on any atom is -0.326 e. The van der Waals surface area contributed by atoms with E-state index >= 15 is 0 Å². The van der Waals surface area contributed by atoms with Gasteiger partial charge in [-0.15, -0.1) is 11.6 Å². The lowest BCUT2D eigenvalue weighted by Crippen LogP contribution is -2.12. The van der Waals surface area contributed by atoms with Crippen molar-refractivity contribution in [3.8, 4) is 0 Å². The number of nitrogens with one attached hydrogen (secondary N) is 2. The van der Waals surface area contributed by atoms with E-state index in [9.17, 15) is 9.59 Å². The third-order valence-corrected chi connectivity index (χ3v) is 2.88. The molecule has 0 aliphatic heterocycles. The number of unbranched alkanes of at least 4 members (excludes halogenated alkanes) is 1. The van der Waals surface area contributed by atoms with Crippen molar-refractivity contribution in [1.29, 1.82) is 0 Å². The Morgan fingerprint density at radius 2 is 1.95 bits per heavy atom. The molecule has 0 bridgehead atoms. The molecular weight excluding hydrogens is 264 g/mol. The molecule has 2 N–H and O–H groups in total. The Morgan fingerprint density at radius 3 is 2.53 bits per heavy atom. The molecule has 0 saturated heterocycles. The van der Waals surface area contributed by atoms with Crippen molar-refractivity contribution in [2.45, 2.75) is 33.1 Å². The Morgan fingerprint density at radius 1 is 1.21 bits per heavy atom. The topological polar surface area (TPSA) is 58.2 Å². The molecule has 0 atom stereocenters. The van der Waals surface area contributed by atoms with Crippen LogP contribution < -0.4 is 10.6 Å². The molecule has 0 aliphatic rings. The van der Waals surface area contributed by atoms with Crippen LogP contribution in [0.3, 0.4) is 0 Å². The summed E-state index contributed by atoms with van der Waals surface area (Å²) in [6.07, 6.45) is 2.10. The summed E-state index contributed by atoms with van der Waals surface area (Å²) < 4.78 is 0. The van der Waals surface area contributed by atoms with Gasteiger partial charge >= 0.3 is 0 Å². The van der Waals surface area contributed by atoms with Gasteiger partial charge in [0.15, 0.2) is 0 Å². The van der Waals surface area contributed by atoms with E-state index in [2.05, 4.69) is 10.6 Å². The number of aryl methyl sites for hydroxylation is 1. The maximum Gasteiger partial charge on any atom is 0.224 e. The average molecular weight is 283 g/mol. The van der Waals surface area contributed by atoms with Gasteiger partial charge in [-0.2, -0.15) is 0 Å². The van der Waals surface area contributed by atoms with Gasteiger partial charge < -0.3 is 10.6 Å². The first kappa shape index (κ1) is 15.5. The van der Waals surface area contributed by atoms with Gasteiger partial charge in [0, 0.05) is 30.6 Å². The molecule has 2 amide bonds. The Bertz CT molecular complexity index is 461. The molecule has 0 aliphatic carbocycles. The van der Waals surface area contributed by atoms with Crippen LogP contribution in [0.2, 0.25) is 0 Å². The molecule has 0 aromatic heterocycles. The van der Waals surface area contributed by atoms with Gasteiger partial charge in [0.1, 0.15) is 0 Å². The zero-order valence-electron chi connectivity index (χ0n) is 11.3. The number of hydrogen-bond donors (Lipinski definition) is 2. The minimum absolute atomic E-state index is 0.0169. The number of amides is 2. The Kier molecular flexibility index (Phi) is 6.36. The van der Waals surface area contributed by atoms with Crippen LogP contribution in [0.25, 0.3) is 0 Å². The summed E-state index contributed by atoms with van der Waals surface area (Å²) >= 11 is 5.56. The van der Waals surface area contributed by atoms with E-state index < -0.39 is 0 Å². The summed E-state index contributed by atoms with van der Waals surface area (Å²) in [4.78, 5) is 22.6. The number of carbonyl (C=O) groups excluding carboxylic acids is 2. The Hall–Kier alpha value is -1.55. The maximum absolute atomic E-state index is 11.6. The lowest BCUT2D eigenvalue weighted by Gasteiger charge is -2.10. The number of carbonyl (C=O) groups is 2. The molecule has 19 heavy (non-hydrogen) atoms. The summed E-state index contributed by atoms with van der Waals surface area (Å²) in [6.45, 7) is 3.35. The van der Waals surface area contributed by atoms with Crippen LogP contribution in [0, 0.1) is 6.92 Å². The highest BCUT2D eigenvalue weighted by atomic mass is 35.5. The number of alkyl halides is 1. The number of anilines is 2. The lowest BCUT2D eigenvalue weighted by molar-refractivity contribution is -0.116. The molecular formula is C14H19ClN2O2. The molecule has 0 unspecified atom stereocenters. The normalized spacial score (nSPS) is 10.1. The second-order valence-electron chi connectivity index (χ2n) is 4.41. The van der Waals surface area contributed by atoms with Crippen molar-refractivity contribution in [2.24, 2.45) is 0 Å². The second-order valence-corrected chi connectivity index (χ2v) is 4.78. The SMILES string of the molecule is CC(=O)Nc1ccc(NC(=O)CCCCCl)cc1C. The zero-order valence-corrected chi connectivity index (χ0v) is 12.0. The van der Waals surface area contributed by atoms with E-state index in [-0.39, 0.29) is 11.8 Å². The fraction of sp³-hybridized carbons (Fsp3) is 0.429. The van der Waals surface area contributed by atoms with Gasteiger partial charge in [0.05, 0.1) is 0 Å². The van der Waals surface area contributed by atoms with E-state index in [0.717, 1.165) is 29.8 Å². The van der Waals surface area contributed by atoms with Gasteiger partial charge in [-0.3, -0.25) is 9.59 Å². The van der Waals surface area contributed by atoms with Crippen LogP contribution >= 0.6 is 11.6 Å². The summed E-state index contributed by atoms with van der Waals surface area (Å²) in [5.41, 5.74) is 2.41. The molecule has 0 fully saturated rings. The summed E-state index contributed by atoms with van der Waals surface area (Å²) in [5, 5.41) is 5.56. The van der Waals surface area contributed by atoms with E-state index in [4.69, 9.17) is 11.6 Å². The predicted octanol–water partition coefficient (Wildman–Crippen LogP) is 3.30. The quantitative estimate of drug-likeness (QED) is 0.621. The number of hydrogen-bond acceptors (Lipinski definition) is 2. The van der Waals surface area contributed by atoms with E-state index in [0.29, 0.717) is 12.3 Å². The molecule has 104 valence electrons. The van der Waals surface area contributed by atoms with Crippen molar-refractivity contribution >= 4 is 34.8 Å². The van der Waals surface area contributed by atoms with Crippen LogP contribution in [0.4, 0.5) is 11.4 Å². The fourth-order valence-corrected chi connectivity index (χ4v) is 1.86. The number of benzene rings is 1. The van der Waals surface area contributed by atoms with Crippen molar-refractivity contribution < 1.29 is 9.59 Å². The highest BCUT2D eigenvalue weighted by Gasteiger charge is 2.05. The molecule has 1 rings (SSSR count). The monoisotopic (exact) mass is 282 g/mol. The van der Waals surface area contributed by atoms with Crippen LogP contribution in [-0.4, -0.2) is 17.7 Å². The van der Waals surface area contributed by atoms with E-state index in [1.165, 1.54) is 6.92 Å². The number of rotatable bonds is 6. The third kappa shape index (κ3) is 5.75. The van der Waals surface area contributed by atoms with Crippen molar-refractivity contribution in [3.63, 3.8) is 0 Å². The summed E-state index contributed by atoms with van der Waals surface area (Å²) in [7, 11) is 0. The van der Waals surface area contributed by atoms with Crippen molar-refractivity contribution in [2.75, 3.05) is 16.5 Å². The predicted molar refractivity (Wildman–Crippen MR) is 78.7 cm³/mol. The van der Waals surface area contributed by atoms with Crippen LogP contribution in [0.5, 0.6) is 0 Å². The van der Waals surface area contributed by atoms with Crippen LogP contribution in [-0.2, 0) is 9.59 Å². The molecule has 0 spiro atoms. The summed E-state index contributed by atoms with van der Waals surface area (Å²) in [5.74, 6) is 0.454. The van der Waals surface area contributed by atoms with Gasteiger partial charge in [-0.05, 0) is 43.5 Å². The van der Waals surface area contributed by atoms with Crippen LogP contribution in [0.1, 0.15) is 31.7 Å². The molecule has 0 heterocycles. The van der Waals surface area contributed by atoms with Crippen molar-refractivity contribution in [3.05, 3.63) is 23.8 Å².